The Bertz CT molecular complexity index is 265. The molecule has 0 aliphatic carbocycles. The summed E-state index contributed by atoms with van der Waals surface area (Å²) in [5, 5.41) is 13.3. The minimum atomic E-state index is -0.705. The fourth-order valence-electron chi connectivity index (χ4n) is 2.14. The first-order valence-corrected chi connectivity index (χ1v) is 6.73. The van der Waals surface area contributed by atoms with Gasteiger partial charge in [0, 0.05) is 38.6 Å². The second-order valence-electron chi connectivity index (χ2n) is 5.39. The number of hydrogen-bond donors (Lipinski definition) is 2. The number of ether oxygens (including phenoxy) is 1. The lowest BCUT2D eigenvalue weighted by Gasteiger charge is -2.35. The second-order valence-corrected chi connectivity index (χ2v) is 5.39. The summed E-state index contributed by atoms with van der Waals surface area (Å²) in [5.74, 6) is 0.0162. The molecule has 0 radical (unpaired) electrons. The van der Waals surface area contributed by atoms with E-state index in [2.05, 4.69) is 5.32 Å². The number of nitrogens with one attached hydrogen (secondary N) is 1. The van der Waals surface area contributed by atoms with Gasteiger partial charge in [-0.15, -0.1) is 0 Å². The van der Waals surface area contributed by atoms with Crippen LogP contribution in [-0.4, -0.2) is 60.9 Å². The van der Waals surface area contributed by atoms with E-state index in [1.165, 1.54) is 0 Å². The third-order valence-corrected chi connectivity index (χ3v) is 3.42. The zero-order chi connectivity index (χ0) is 13.6. The van der Waals surface area contributed by atoms with Crippen LogP contribution < -0.4 is 5.32 Å². The minimum Gasteiger partial charge on any atom is -0.388 e. The number of nitrogens with zero attached hydrogens (tertiary/aromatic N) is 1. The largest absolute Gasteiger partial charge is 0.388 e. The molecule has 106 valence electrons. The smallest absolute Gasteiger partial charge is 0.234 e. The van der Waals surface area contributed by atoms with Crippen LogP contribution in [0.1, 0.15) is 33.1 Å². The molecular weight excluding hydrogens is 232 g/mol. The Labute approximate surface area is 109 Å². The Morgan fingerprint density at radius 3 is 2.67 bits per heavy atom. The van der Waals surface area contributed by atoms with Crippen molar-refractivity contribution in [2.75, 3.05) is 33.4 Å². The standard InChI is InChI=1S/C13H26N2O3/c1-4-11(2)14-12(16)9-15(3)10-13(17)5-7-18-8-6-13/h11,17H,4-10H2,1-3H3,(H,14,16). The summed E-state index contributed by atoms with van der Waals surface area (Å²) in [6.07, 6.45) is 2.21. The van der Waals surface area contributed by atoms with E-state index in [-0.39, 0.29) is 11.9 Å². The summed E-state index contributed by atoms with van der Waals surface area (Å²) in [6.45, 7) is 6.08. The highest BCUT2D eigenvalue weighted by Gasteiger charge is 2.31. The zero-order valence-corrected chi connectivity index (χ0v) is 11.7. The quantitative estimate of drug-likeness (QED) is 0.723. The Balaban J connectivity index is 2.31. The molecule has 1 unspecified atom stereocenters. The van der Waals surface area contributed by atoms with Crippen LogP contribution in [0.4, 0.5) is 0 Å². The first kappa shape index (κ1) is 15.4. The molecule has 0 aromatic rings. The predicted molar refractivity (Wildman–Crippen MR) is 70.4 cm³/mol. The summed E-state index contributed by atoms with van der Waals surface area (Å²) in [6, 6.07) is 0.206. The van der Waals surface area contributed by atoms with Gasteiger partial charge in [-0.05, 0) is 20.4 Å². The van der Waals surface area contributed by atoms with Crippen molar-refractivity contribution in [3.63, 3.8) is 0 Å². The fourth-order valence-corrected chi connectivity index (χ4v) is 2.14. The molecule has 2 N–H and O–H groups in total. The number of rotatable bonds is 6. The van der Waals surface area contributed by atoms with E-state index in [1.807, 2.05) is 25.8 Å². The van der Waals surface area contributed by atoms with Crippen LogP contribution in [-0.2, 0) is 9.53 Å². The summed E-state index contributed by atoms with van der Waals surface area (Å²) in [7, 11) is 1.86. The third kappa shape index (κ3) is 5.33. The van der Waals surface area contributed by atoms with Gasteiger partial charge < -0.3 is 15.2 Å². The maximum Gasteiger partial charge on any atom is 0.234 e. The van der Waals surface area contributed by atoms with E-state index in [0.29, 0.717) is 39.1 Å². The van der Waals surface area contributed by atoms with Gasteiger partial charge >= 0.3 is 0 Å². The SMILES string of the molecule is CCC(C)NC(=O)CN(C)CC1(O)CCOCC1. The van der Waals surface area contributed by atoms with Crippen molar-refractivity contribution in [3.8, 4) is 0 Å². The minimum absolute atomic E-state index is 0.0162. The van der Waals surface area contributed by atoms with Crippen molar-refractivity contribution in [1.82, 2.24) is 10.2 Å². The van der Waals surface area contributed by atoms with Gasteiger partial charge in [0.25, 0.3) is 0 Å². The Morgan fingerprint density at radius 1 is 1.50 bits per heavy atom. The van der Waals surface area contributed by atoms with Crippen molar-refractivity contribution in [2.45, 2.75) is 44.8 Å². The highest BCUT2D eigenvalue weighted by atomic mass is 16.5. The number of amides is 1. The maximum atomic E-state index is 11.7. The molecule has 0 aromatic heterocycles. The molecule has 1 heterocycles. The van der Waals surface area contributed by atoms with Gasteiger partial charge in [-0.25, -0.2) is 0 Å². The van der Waals surface area contributed by atoms with Crippen LogP contribution in [0.5, 0.6) is 0 Å². The molecule has 5 nitrogen and oxygen atoms in total. The van der Waals surface area contributed by atoms with Gasteiger partial charge in [0.1, 0.15) is 0 Å². The van der Waals surface area contributed by atoms with Crippen LogP contribution in [0, 0.1) is 0 Å². The van der Waals surface area contributed by atoms with E-state index >= 15 is 0 Å². The van der Waals surface area contributed by atoms with Crippen molar-refractivity contribution in [1.29, 1.82) is 0 Å². The van der Waals surface area contributed by atoms with Gasteiger partial charge in [0.15, 0.2) is 0 Å². The lowest BCUT2D eigenvalue weighted by atomic mass is 9.94. The Kier molecular flexibility index (Phi) is 6.05. The highest BCUT2D eigenvalue weighted by Crippen LogP contribution is 2.20. The van der Waals surface area contributed by atoms with E-state index in [9.17, 15) is 9.90 Å². The van der Waals surface area contributed by atoms with Gasteiger partial charge in [0.05, 0.1) is 12.1 Å². The molecular formula is C13H26N2O3. The van der Waals surface area contributed by atoms with E-state index in [4.69, 9.17) is 4.74 Å². The van der Waals surface area contributed by atoms with Crippen molar-refractivity contribution >= 4 is 5.91 Å². The van der Waals surface area contributed by atoms with Gasteiger partial charge in [-0.2, -0.15) is 0 Å². The van der Waals surface area contributed by atoms with Crippen LogP contribution in [0.2, 0.25) is 0 Å². The number of likely N-dealkylation sites (N-methyl/N-ethyl adjacent to an activating group) is 1. The van der Waals surface area contributed by atoms with Gasteiger partial charge in [-0.1, -0.05) is 6.92 Å². The van der Waals surface area contributed by atoms with Crippen LogP contribution >= 0.6 is 0 Å². The molecule has 0 spiro atoms. The average molecular weight is 258 g/mol. The molecule has 1 aliphatic heterocycles. The number of hydrogen-bond acceptors (Lipinski definition) is 4. The summed E-state index contributed by atoms with van der Waals surface area (Å²) in [5.41, 5.74) is -0.705. The molecule has 5 heteroatoms. The molecule has 1 amide bonds. The normalized spacial score (nSPS) is 20.7. The van der Waals surface area contributed by atoms with Crippen LogP contribution in [0.15, 0.2) is 0 Å². The lowest BCUT2D eigenvalue weighted by Crippen LogP contribution is -2.48. The average Bonchev–Trinajstić information content (AvgIpc) is 2.28. The van der Waals surface area contributed by atoms with Gasteiger partial charge in [0.2, 0.25) is 5.91 Å². The van der Waals surface area contributed by atoms with Gasteiger partial charge in [-0.3, -0.25) is 9.69 Å². The fraction of sp³-hybridized carbons (Fsp3) is 0.923. The van der Waals surface area contributed by atoms with Crippen LogP contribution in [0.3, 0.4) is 0 Å². The highest BCUT2D eigenvalue weighted by molar-refractivity contribution is 5.78. The number of carbonyl (C=O) groups excluding carboxylic acids is 1. The molecule has 18 heavy (non-hydrogen) atoms. The summed E-state index contributed by atoms with van der Waals surface area (Å²) in [4.78, 5) is 13.6. The van der Waals surface area contributed by atoms with E-state index in [1.54, 1.807) is 0 Å². The van der Waals surface area contributed by atoms with Crippen molar-refractivity contribution in [2.24, 2.45) is 0 Å². The molecule has 1 fully saturated rings. The molecule has 1 saturated heterocycles. The van der Waals surface area contributed by atoms with E-state index in [0.717, 1.165) is 6.42 Å². The first-order chi connectivity index (χ1) is 8.45. The lowest BCUT2D eigenvalue weighted by molar-refractivity contribution is -0.124. The van der Waals surface area contributed by atoms with E-state index < -0.39 is 5.60 Å². The molecule has 1 aliphatic rings. The topological polar surface area (TPSA) is 61.8 Å². The zero-order valence-electron chi connectivity index (χ0n) is 11.7. The Hall–Kier alpha value is -0.650. The molecule has 1 atom stereocenters. The molecule has 0 aromatic carbocycles. The predicted octanol–water partition coefficient (Wildman–Crippen LogP) is 0.374. The monoisotopic (exact) mass is 258 g/mol. The Morgan fingerprint density at radius 2 is 2.11 bits per heavy atom. The number of aliphatic hydroxyl groups is 1. The molecule has 0 bridgehead atoms. The number of carbonyl (C=O) groups is 1. The van der Waals surface area contributed by atoms with Crippen LogP contribution in [0.25, 0.3) is 0 Å². The third-order valence-electron chi connectivity index (χ3n) is 3.42. The van der Waals surface area contributed by atoms with Crippen molar-refractivity contribution in [3.05, 3.63) is 0 Å². The first-order valence-electron chi connectivity index (χ1n) is 6.73. The molecule has 1 rings (SSSR count). The molecule has 0 saturated carbocycles. The second kappa shape index (κ2) is 7.07. The van der Waals surface area contributed by atoms with Crippen molar-refractivity contribution < 1.29 is 14.6 Å². The summed E-state index contributed by atoms with van der Waals surface area (Å²) >= 11 is 0. The summed E-state index contributed by atoms with van der Waals surface area (Å²) < 4.78 is 5.24. The maximum absolute atomic E-state index is 11.7.